The number of nitrogens with one attached hydrogen (secondary N) is 1. The Balaban J connectivity index is 1.84. The second kappa shape index (κ2) is 4.12. The SMILES string of the molecule is CCC1(C)CCN(C(=O)[C@H]2CCN2)CC1. The van der Waals surface area contributed by atoms with E-state index < -0.39 is 0 Å². The van der Waals surface area contributed by atoms with Crippen molar-refractivity contribution in [2.45, 2.75) is 45.6 Å². The summed E-state index contributed by atoms with van der Waals surface area (Å²) in [5.74, 6) is 0.333. The number of likely N-dealkylation sites (tertiary alicyclic amines) is 1. The monoisotopic (exact) mass is 210 g/mol. The lowest BCUT2D eigenvalue weighted by Gasteiger charge is -2.41. The van der Waals surface area contributed by atoms with E-state index >= 15 is 0 Å². The maximum absolute atomic E-state index is 11.9. The van der Waals surface area contributed by atoms with Crippen LogP contribution in [0.25, 0.3) is 0 Å². The highest BCUT2D eigenvalue weighted by atomic mass is 16.2. The van der Waals surface area contributed by atoms with Gasteiger partial charge in [0.15, 0.2) is 0 Å². The van der Waals surface area contributed by atoms with E-state index in [0.29, 0.717) is 11.3 Å². The van der Waals surface area contributed by atoms with Crippen molar-refractivity contribution in [2.75, 3.05) is 19.6 Å². The first kappa shape index (κ1) is 10.9. The summed E-state index contributed by atoms with van der Waals surface area (Å²) in [7, 11) is 0. The molecule has 3 nitrogen and oxygen atoms in total. The van der Waals surface area contributed by atoms with Gasteiger partial charge in [0.25, 0.3) is 0 Å². The lowest BCUT2D eigenvalue weighted by atomic mass is 9.78. The summed E-state index contributed by atoms with van der Waals surface area (Å²) < 4.78 is 0. The van der Waals surface area contributed by atoms with Gasteiger partial charge in [0.1, 0.15) is 0 Å². The predicted molar refractivity (Wildman–Crippen MR) is 60.6 cm³/mol. The molecule has 0 radical (unpaired) electrons. The molecule has 0 aromatic heterocycles. The standard InChI is InChI=1S/C12H22N2O/c1-3-12(2)5-8-14(9-6-12)11(15)10-4-7-13-10/h10,13H,3-9H2,1-2H3/t10-/m1/s1. The number of piperidine rings is 1. The molecular weight excluding hydrogens is 188 g/mol. The van der Waals surface area contributed by atoms with E-state index in [1.165, 1.54) is 19.3 Å². The molecule has 2 fully saturated rings. The number of carbonyl (C=O) groups excluding carboxylic acids is 1. The van der Waals surface area contributed by atoms with Crippen LogP contribution in [0, 0.1) is 5.41 Å². The predicted octanol–water partition coefficient (Wildman–Crippen LogP) is 1.39. The summed E-state index contributed by atoms with van der Waals surface area (Å²) >= 11 is 0. The number of hydrogen-bond donors (Lipinski definition) is 1. The highest BCUT2D eigenvalue weighted by Crippen LogP contribution is 2.34. The normalized spacial score (nSPS) is 29.7. The maximum Gasteiger partial charge on any atom is 0.239 e. The van der Waals surface area contributed by atoms with Crippen molar-refractivity contribution < 1.29 is 4.79 Å². The summed E-state index contributed by atoms with van der Waals surface area (Å²) in [6, 6.07) is 0.135. The van der Waals surface area contributed by atoms with Crippen molar-refractivity contribution in [2.24, 2.45) is 5.41 Å². The summed E-state index contributed by atoms with van der Waals surface area (Å²) in [6.45, 7) is 7.53. The van der Waals surface area contributed by atoms with Crippen LogP contribution >= 0.6 is 0 Å². The van der Waals surface area contributed by atoms with Crippen LogP contribution in [0.1, 0.15) is 39.5 Å². The Morgan fingerprint density at radius 3 is 2.47 bits per heavy atom. The molecule has 1 amide bonds. The molecule has 1 atom stereocenters. The van der Waals surface area contributed by atoms with Crippen LogP contribution in [-0.2, 0) is 4.79 Å². The van der Waals surface area contributed by atoms with E-state index in [4.69, 9.17) is 0 Å². The van der Waals surface area contributed by atoms with Crippen molar-refractivity contribution in [3.8, 4) is 0 Å². The molecule has 0 bridgehead atoms. The number of nitrogens with zero attached hydrogens (tertiary/aromatic N) is 1. The van der Waals surface area contributed by atoms with Crippen LogP contribution in [-0.4, -0.2) is 36.5 Å². The van der Waals surface area contributed by atoms with Crippen LogP contribution in [0.5, 0.6) is 0 Å². The van der Waals surface area contributed by atoms with Gasteiger partial charge in [-0.15, -0.1) is 0 Å². The zero-order chi connectivity index (χ0) is 10.9. The second-order valence-corrected chi connectivity index (χ2v) is 5.28. The number of carbonyl (C=O) groups is 1. The van der Waals surface area contributed by atoms with E-state index in [2.05, 4.69) is 19.2 Å². The second-order valence-electron chi connectivity index (χ2n) is 5.28. The fourth-order valence-electron chi connectivity index (χ4n) is 2.34. The number of amides is 1. The molecule has 2 aliphatic heterocycles. The van der Waals surface area contributed by atoms with Gasteiger partial charge in [-0.3, -0.25) is 4.79 Å². The molecule has 0 unspecified atom stereocenters. The van der Waals surface area contributed by atoms with Gasteiger partial charge >= 0.3 is 0 Å². The third-order valence-electron chi connectivity index (χ3n) is 4.26. The van der Waals surface area contributed by atoms with Gasteiger partial charge < -0.3 is 10.2 Å². The molecule has 0 aromatic rings. The molecule has 2 rings (SSSR count). The van der Waals surface area contributed by atoms with Crippen molar-refractivity contribution in [1.82, 2.24) is 10.2 Å². The van der Waals surface area contributed by atoms with E-state index in [0.717, 1.165) is 26.1 Å². The van der Waals surface area contributed by atoms with Gasteiger partial charge in [0, 0.05) is 13.1 Å². The Morgan fingerprint density at radius 1 is 1.47 bits per heavy atom. The van der Waals surface area contributed by atoms with Crippen molar-refractivity contribution in [3.63, 3.8) is 0 Å². The minimum absolute atomic E-state index is 0.135. The quantitative estimate of drug-likeness (QED) is 0.747. The zero-order valence-corrected chi connectivity index (χ0v) is 9.88. The molecule has 2 saturated heterocycles. The molecule has 1 N–H and O–H groups in total. The Morgan fingerprint density at radius 2 is 2.07 bits per heavy atom. The zero-order valence-electron chi connectivity index (χ0n) is 9.88. The molecular formula is C12H22N2O. The van der Waals surface area contributed by atoms with Crippen molar-refractivity contribution in [1.29, 1.82) is 0 Å². The molecule has 2 heterocycles. The average molecular weight is 210 g/mol. The third-order valence-corrected chi connectivity index (χ3v) is 4.26. The summed E-state index contributed by atoms with van der Waals surface area (Å²) in [5, 5.41) is 3.19. The van der Waals surface area contributed by atoms with E-state index in [9.17, 15) is 4.79 Å². The van der Waals surface area contributed by atoms with E-state index in [-0.39, 0.29) is 6.04 Å². The fraction of sp³-hybridized carbons (Fsp3) is 0.917. The Hall–Kier alpha value is -0.570. The molecule has 15 heavy (non-hydrogen) atoms. The lowest BCUT2D eigenvalue weighted by Crippen LogP contribution is -2.56. The van der Waals surface area contributed by atoms with Crippen LogP contribution in [0.3, 0.4) is 0 Å². The van der Waals surface area contributed by atoms with Gasteiger partial charge in [0.05, 0.1) is 6.04 Å². The fourth-order valence-corrected chi connectivity index (χ4v) is 2.34. The Kier molecular flexibility index (Phi) is 3.01. The van der Waals surface area contributed by atoms with Crippen LogP contribution in [0.4, 0.5) is 0 Å². The molecule has 0 aromatic carbocycles. The first-order valence-corrected chi connectivity index (χ1v) is 6.17. The minimum Gasteiger partial charge on any atom is -0.341 e. The highest BCUT2D eigenvalue weighted by molar-refractivity contribution is 5.82. The van der Waals surface area contributed by atoms with E-state index in [1.807, 2.05) is 4.90 Å². The Labute approximate surface area is 92.2 Å². The number of rotatable bonds is 2. The molecule has 0 aliphatic carbocycles. The average Bonchev–Trinajstić information content (AvgIpc) is 2.16. The minimum atomic E-state index is 0.135. The largest absolute Gasteiger partial charge is 0.341 e. The number of hydrogen-bond acceptors (Lipinski definition) is 2. The van der Waals surface area contributed by atoms with Crippen molar-refractivity contribution in [3.05, 3.63) is 0 Å². The topological polar surface area (TPSA) is 32.3 Å². The smallest absolute Gasteiger partial charge is 0.239 e. The molecule has 0 saturated carbocycles. The van der Waals surface area contributed by atoms with Crippen LogP contribution < -0.4 is 5.32 Å². The molecule has 86 valence electrons. The molecule has 2 aliphatic rings. The third kappa shape index (κ3) is 2.17. The molecule has 3 heteroatoms. The maximum atomic E-state index is 11.9. The summed E-state index contributed by atoms with van der Waals surface area (Å²) in [6.07, 6.45) is 4.60. The first-order chi connectivity index (χ1) is 7.14. The van der Waals surface area contributed by atoms with Gasteiger partial charge in [-0.25, -0.2) is 0 Å². The Bertz CT molecular complexity index is 240. The van der Waals surface area contributed by atoms with E-state index in [1.54, 1.807) is 0 Å². The lowest BCUT2D eigenvalue weighted by molar-refractivity contribution is -0.137. The first-order valence-electron chi connectivity index (χ1n) is 6.17. The van der Waals surface area contributed by atoms with Crippen LogP contribution in [0.2, 0.25) is 0 Å². The van der Waals surface area contributed by atoms with Crippen molar-refractivity contribution >= 4 is 5.91 Å². The van der Waals surface area contributed by atoms with Gasteiger partial charge in [-0.1, -0.05) is 20.3 Å². The van der Waals surface area contributed by atoms with Gasteiger partial charge in [-0.05, 0) is 31.2 Å². The summed E-state index contributed by atoms with van der Waals surface area (Å²) in [4.78, 5) is 14.0. The summed E-state index contributed by atoms with van der Waals surface area (Å²) in [5.41, 5.74) is 0.476. The van der Waals surface area contributed by atoms with Crippen LogP contribution in [0.15, 0.2) is 0 Å². The van der Waals surface area contributed by atoms with Gasteiger partial charge in [-0.2, -0.15) is 0 Å². The highest BCUT2D eigenvalue weighted by Gasteiger charge is 2.34. The molecule has 0 spiro atoms. The van der Waals surface area contributed by atoms with Gasteiger partial charge in [0.2, 0.25) is 5.91 Å².